The lowest BCUT2D eigenvalue weighted by Gasteiger charge is -2.31. The number of anilines is 1. The number of amides is 1. The van der Waals surface area contributed by atoms with E-state index in [9.17, 15) is 9.18 Å². The number of benzene rings is 2. The third-order valence-corrected chi connectivity index (χ3v) is 3.72. The van der Waals surface area contributed by atoms with Crippen LogP contribution in [0.25, 0.3) is 0 Å². The number of methoxy groups -OCH3 is 1. The van der Waals surface area contributed by atoms with Crippen molar-refractivity contribution in [3.63, 3.8) is 0 Å². The van der Waals surface area contributed by atoms with E-state index in [0.717, 1.165) is 22.6 Å². The molecule has 1 aliphatic heterocycles. The maximum absolute atomic E-state index is 13.9. The van der Waals surface area contributed by atoms with Crippen LogP contribution in [0.4, 0.5) is 10.1 Å². The van der Waals surface area contributed by atoms with Gasteiger partial charge in [-0.05, 0) is 29.3 Å². The van der Waals surface area contributed by atoms with E-state index in [1.807, 2.05) is 48.5 Å². The molecule has 2 aromatic rings. The number of halogens is 1. The third kappa shape index (κ3) is 2.61. The second-order valence-electron chi connectivity index (χ2n) is 5.07. The van der Waals surface area contributed by atoms with Crippen molar-refractivity contribution in [2.24, 2.45) is 0 Å². The van der Waals surface area contributed by atoms with Crippen LogP contribution in [0.15, 0.2) is 48.5 Å². The number of carbonyl (C=O) groups excluding carboxylic acids is 1. The second-order valence-corrected chi connectivity index (χ2v) is 5.07. The Kier molecular flexibility index (Phi) is 3.60. The van der Waals surface area contributed by atoms with Gasteiger partial charge in [0.25, 0.3) is 5.91 Å². The van der Waals surface area contributed by atoms with Crippen molar-refractivity contribution in [3.05, 3.63) is 59.7 Å². The molecule has 1 heterocycles. The Morgan fingerprint density at radius 1 is 1.19 bits per heavy atom. The van der Waals surface area contributed by atoms with E-state index < -0.39 is 12.1 Å². The number of rotatable bonds is 3. The molecule has 0 saturated heterocycles. The van der Waals surface area contributed by atoms with Gasteiger partial charge in [0, 0.05) is 12.1 Å². The normalized spacial score (nSPS) is 17.5. The summed E-state index contributed by atoms with van der Waals surface area (Å²) in [6, 6.07) is 14.9. The summed E-state index contributed by atoms with van der Waals surface area (Å²) < 4.78 is 19.0. The first-order chi connectivity index (χ1) is 10.2. The number of fused-ring (bicyclic) bond motifs is 1. The van der Waals surface area contributed by atoms with Gasteiger partial charge in [-0.15, -0.1) is 0 Å². The minimum atomic E-state index is -1.46. The van der Waals surface area contributed by atoms with Gasteiger partial charge in [-0.25, -0.2) is 4.39 Å². The van der Waals surface area contributed by atoms with Gasteiger partial charge in [0.15, 0.2) is 6.17 Å². The topological polar surface area (TPSA) is 29.5 Å². The molecule has 0 aliphatic carbocycles. The van der Waals surface area contributed by atoms with Crippen molar-refractivity contribution in [1.82, 2.24) is 0 Å². The molecule has 0 fully saturated rings. The van der Waals surface area contributed by atoms with Gasteiger partial charge in [-0.2, -0.15) is 0 Å². The molecule has 0 radical (unpaired) electrons. The molecule has 1 amide bonds. The van der Waals surface area contributed by atoms with Crippen LogP contribution in [0.3, 0.4) is 0 Å². The molecule has 108 valence electrons. The highest BCUT2D eigenvalue weighted by Crippen LogP contribution is 2.30. The van der Waals surface area contributed by atoms with Gasteiger partial charge in [0.2, 0.25) is 0 Å². The Morgan fingerprint density at radius 2 is 1.90 bits per heavy atom. The average molecular weight is 285 g/mol. The van der Waals surface area contributed by atoms with Crippen LogP contribution in [0.2, 0.25) is 0 Å². The molecule has 2 aromatic carbocycles. The molecule has 4 heteroatoms. The van der Waals surface area contributed by atoms with Crippen LogP contribution < -0.4 is 9.64 Å². The van der Waals surface area contributed by atoms with Crippen LogP contribution in [-0.2, 0) is 17.8 Å². The maximum Gasteiger partial charge on any atom is 0.262 e. The summed E-state index contributed by atoms with van der Waals surface area (Å²) in [5.74, 6) is 0.289. The Morgan fingerprint density at radius 3 is 2.62 bits per heavy atom. The van der Waals surface area contributed by atoms with E-state index in [4.69, 9.17) is 4.74 Å². The van der Waals surface area contributed by atoms with E-state index >= 15 is 0 Å². The van der Waals surface area contributed by atoms with Crippen molar-refractivity contribution < 1.29 is 13.9 Å². The van der Waals surface area contributed by atoms with Crippen molar-refractivity contribution in [1.29, 1.82) is 0 Å². The largest absolute Gasteiger partial charge is 0.497 e. The van der Waals surface area contributed by atoms with Gasteiger partial charge in [-0.1, -0.05) is 30.3 Å². The fourth-order valence-electron chi connectivity index (χ4n) is 2.59. The van der Waals surface area contributed by atoms with E-state index in [1.54, 1.807) is 7.11 Å². The summed E-state index contributed by atoms with van der Waals surface area (Å²) in [6.07, 6.45) is -1.30. The quantitative estimate of drug-likeness (QED) is 0.867. The molecular formula is C17H16FNO2. The zero-order valence-electron chi connectivity index (χ0n) is 11.8. The highest BCUT2D eigenvalue weighted by Gasteiger charge is 2.32. The van der Waals surface area contributed by atoms with E-state index in [1.165, 1.54) is 4.90 Å². The predicted octanol–water partition coefficient (Wildman–Crippen LogP) is 3.12. The Bertz CT molecular complexity index is 654. The first kappa shape index (κ1) is 13.6. The summed E-state index contributed by atoms with van der Waals surface area (Å²) in [4.78, 5) is 13.7. The Labute approximate surface area is 123 Å². The van der Waals surface area contributed by atoms with E-state index in [2.05, 4.69) is 0 Å². The van der Waals surface area contributed by atoms with Crippen molar-refractivity contribution in [2.45, 2.75) is 19.1 Å². The fraction of sp³-hybridized carbons (Fsp3) is 0.235. The SMILES string of the molecule is COc1ccc(CN2C(=O)C(F)Cc3ccccc32)cc1. The smallest absolute Gasteiger partial charge is 0.262 e. The Balaban J connectivity index is 1.90. The zero-order valence-corrected chi connectivity index (χ0v) is 11.8. The molecule has 0 saturated carbocycles. The average Bonchev–Trinajstić information content (AvgIpc) is 2.52. The third-order valence-electron chi connectivity index (χ3n) is 3.72. The van der Waals surface area contributed by atoms with Crippen LogP contribution in [-0.4, -0.2) is 19.2 Å². The number of hydrogen-bond acceptors (Lipinski definition) is 2. The molecule has 3 nitrogen and oxygen atoms in total. The van der Waals surface area contributed by atoms with E-state index in [0.29, 0.717) is 6.54 Å². The molecule has 0 spiro atoms. The lowest BCUT2D eigenvalue weighted by molar-refractivity contribution is -0.123. The van der Waals surface area contributed by atoms with Crippen LogP contribution >= 0.6 is 0 Å². The lowest BCUT2D eigenvalue weighted by atomic mass is 9.99. The molecule has 0 N–H and O–H groups in total. The molecule has 3 rings (SSSR count). The minimum Gasteiger partial charge on any atom is -0.497 e. The van der Waals surface area contributed by atoms with Crippen LogP contribution in [0.5, 0.6) is 5.75 Å². The van der Waals surface area contributed by atoms with Gasteiger partial charge in [0.05, 0.1) is 13.7 Å². The van der Waals surface area contributed by atoms with E-state index in [-0.39, 0.29) is 6.42 Å². The minimum absolute atomic E-state index is 0.161. The second kappa shape index (κ2) is 5.56. The number of ether oxygens (including phenoxy) is 1. The summed E-state index contributed by atoms with van der Waals surface area (Å²) >= 11 is 0. The standard InChI is InChI=1S/C17H16FNO2/c1-21-14-8-6-12(7-9-14)11-19-16-5-3-2-4-13(16)10-15(18)17(19)20/h2-9,15H,10-11H2,1H3. The molecule has 1 unspecified atom stereocenters. The number of carbonyl (C=O) groups is 1. The van der Waals surface area contributed by atoms with Gasteiger partial charge < -0.3 is 9.64 Å². The molecule has 1 aliphatic rings. The van der Waals surface area contributed by atoms with Gasteiger partial charge in [0.1, 0.15) is 5.75 Å². The molecule has 0 bridgehead atoms. The van der Waals surface area contributed by atoms with Gasteiger partial charge >= 0.3 is 0 Å². The van der Waals surface area contributed by atoms with Crippen molar-refractivity contribution >= 4 is 11.6 Å². The predicted molar refractivity (Wildman–Crippen MR) is 79.2 cm³/mol. The molecular weight excluding hydrogens is 269 g/mol. The van der Waals surface area contributed by atoms with Crippen LogP contribution in [0.1, 0.15) is 11.1 Å². The summed E-state index contributed by atoms with van der Waals surface area (Å²) in [7, 11) is 1.60. The lowest BCUT2D eigenvalue weighted by Crippen LogP contribution is -2.42. The summed E-state index contributed by atoms with van der Waals surface area (Å²) in [5, 5.41) is 0. The number of para-hydroxylation sites is 1. The first-order valence-corrected chi connectivity index (χ1v) is 6.85. The number of hydrogen-bond donors (Lipinski definition) is 0. The molecule has 1 atom stereocenters. The van der Waals surface area contributed by atoms with Gasteiger partial charge in [-0.3, -0.25) is 4.79 Å². The molecule has 21 heavy (non-hydrogen) atoms. The molecule has 0 aromatic heterocycles. The maximum atomic E-state index is 13.9. The van der Waals surface area contributed by atoms with Crippen LogP contribution in [0, 0.1) is 0 Å². The number of nitrogens with zero attached hydrogens (tertiary/aromatic N) is 1. The fourth-order valence-corrected chi connectivity index (χ4v) is 2.59. The van der Waals surface area contributed by atoms with Crippen molar-refractivity contribution in [3.8, 4) is 5.75 Å². The van der Waals surface area contributed by atoms with Crippen molar-refractivity contribution in [2.75, 3.05) is 12.0 Å². The zero-order chi connectivity index (χ0) is 14.8. The summed E-state index contributed by atoms with van der Waals surface area (Å²) in [6.45, 7) is 0.361. The number of alkyl halides is 1. The summed E-state index contributed by atoms with van der Waals surface area (Å²) in [5.41, 5.74) is 2.61. The first-order valence-electron chi connectivity index (χ1n) is 6.85. The Hall–Kier alpha value is -2.36. The monoisotopic (exact) mass is 285 g/mol. The highest BCUT2D eigenvalue weighted by molar-refractivity contribution is 5.99. The highest BCUT2D eigenvalue weighted by atomic mass is 19.1.